The monoisotopic (exact) mass is 1150 g/mol. The molecule has 478 valence electrons. The minimum Gasteiger partial charge on any atom is -0.462 e. The third kappa shape index (κ3) is 67.9. The summed E-state index contributed by atoms with van der Waals surface area (Å²) in [5, 5.41) is 0. The average molecular weight is 1150 g/mol. The zero-order chi connectivity index (χ0) is 59.2. The van der Waals surface area contributed by atoms with Gasteiger partial charge in [0, 0.05) is 19.3 Å². The van der Waals surface area contributed by atoms with Crippen LogP contribution in [0.25, 0.3) is 0 Å². The Hall–Kier alpha value is -2.89. The molecule has 0 aromatic carbocycles. The molecule has 0 fully saturated rings. The lowest BCUT2D eigenvalue weighted by molar-refractivity contribution is -0.167. The molecule has 0 rings (SSSR count). The van der Waals surface area contributed by atoms with Crippen LogP contribution in [0.2, 0.25) is 0 Å². The van der Waals surface area contributed by atoms with Gasteiger partial charge in [-0.3, -0.25) is 14.4 Å². The van der Waals surface area contributed by atoms with Crippen molar-refractivity contribution in [2.45, 2.75) is 393 Å². The van der Waals surface area contributed by atoms with Crippen molar-refractivity contribution in [2.75, 3.05) is 13.2 Å². The predicted molar refractivity (Wildman–Crippen MR) is 358 cm³/mol. The van der Waals surface area contributed by atoms with E-state index in [0.29, 0.717) is 19.3 Å². The fraction of sp³-hybridized carbons (Fsp3) is 0.829. The van der Waals surface area contributed by atoms with Crippen LogP contribution >= 0.6 is 0 Å². The van der Waals surface area contributed by atoms with Gasteiger partial charge in [-0.05, 0) is 89.9 Å². The molecule has 0 aliphatic carbocycles. The summed E-state index contributed by atoms with van der Waals surface area (Å²) in [5.41, 5.74) is 0. The molecule has 1 unspecified atom stereocenters. The third-order valence-electron chi connectivity index (χ3n) is 16.2. The van der Waals surface area contributed by atoms with Crippen LogP contribution in [-0.4, -0.2) is 37.2 Å². The van der Waals surface area contributed by atoms with Crippen LogP contribution in [0, 0.1) is 0 Å². The summed E-state index contributed by atoms with van der Waals surface area (Å²) in [6, 6.07) is 0. The standard InChI is InChI=1S/C76H138O6/c1-4-7-10-13-16-19-22-25-27-29-31-33-35-36-37-38-39-40-42-43-45-47-49-51-54-57-60-63-66-69-75(78)81-72-73(71-80-74(77)68-65-62-59-56-53-24-21-18-15-12-9-6-3)82-76(79)70-67-64-61-58-55-52-50-48-46-44-41-34-32-30-28-26-23-20-17-14-11-8-5-2/h22-23,25-26,29-32,41,44,73H,4-21,24,27-28,33-40,42-43,45-72H2,1-3H3/b25-22-,26-23-,31-29-,32-30-,44-41-. The van der Waals surface area contributed by atoms with Gasteiger partial charge in [0.05, 0.1) is 0 Å². The van der Waals surface area contributed by atoms with Crippen molar-refractivity contribution in [2.24, 2.45) is 0 Å². The second kappa shape index (κ2) is 70.6. The van der Waals surface area contributed by atoms with Crippen molar-refractivity contribution in [3.63, 3.8) is 0 Å². The van der Waals surface area contributed by atoms with E-state index >= 15 is 0 Å². The molecule has 0 saturated heterocycles. The summed E-state index contributed by atoms with van der Waals surface area (Å²) >= 11 is 0. The van der Waals surface area contributed by atoms with Crippen molar-refractivity contribution in [1.29, 1.82) is 0 Å². The molecule has 82 heavy (non-hydrogen) atoms. The number of rotatable bonds is 67. The highest BCUT2D eigenvalue weighted by Crippen LogP contribution is 2.18. The van der Waals surface area contributed by atoms with Crippen LogP contribution in [0.3, 0.4) is 0 Å². The lowest BCUT2D eigenvalue weighted by Gasteiger charge is -2.18. The topological polar surface area (TPSA) is 78.9 Å². The Balaban J connectivity index is 4.21. The summed E-state index contributed by atoms with van der Waals surface area (Å²) in [6.45, 7) is 6.67. The predicted octanol–water partition coefficient (Wildman–Crippen LogP) is 25.1. The van der Waals surface area contributed by atoms with E-state index in [1.54, 1.807) is 0 Å². The molecule has 0 amide bonds. The highest BCUT2D eigenvalue weighted by Gasteiger charge is 2.19. The normalized spacial score (nSPS) is 12.4. The van der Waals surface area contributed by atoms with Gasteiger partial charge >= 0.3 is 17.9 Å². The number of esters is 3. The first kappa shape index (κ1) is 79.1. The zero-order valence-electron chi connectivity index (χ0n) is 55.0. The Kier molecular flexibility index (Phi) is 68.1. The summed E-state index contributed by atoms with van der Waals surface area (Å²) in [6.07, 6.45) is 91.1. The summed E-state index contributed by atoms with van der Waals surface area (Å²) in [4.78, 5) is 38.4. The van der Waals surface area contributed by atoms with E-state index in [4.69, 9.17) is 14.2 Å². The highest BCUT2D eigenvalue weighted by atomic mass is 16.6. The number of hydrogen-bond donors (Lipinski definition) is 0. The van der Waals surface area contributed by atoms with Gasteiger partial charge in [-0.25, -0.2) is 0 Å². The fourth-order valence-electron chi connectivity index (χ4n) is 10.8. The molecule has 0 aromatic heterocycles. The van der Waals surface area contributed by atoms with Crippen molar-refractivity contribution in [3.05, 3.63) is 60.8 Å². The minimum absolute atomic E-state index is 0.0724. The third-order valence-corrected chi connectivity index (χ3v) is 16.2. The number of allylic oxidation sites excluding steroid dienone is 10. The molecule has 0 heterocycles. The van der Waals surface area contributed by atoms with E-state index < -0.39 is 6.10 Å². The molecule has 1 atom stereocenters. The molecule has 0 aromatic rings. The Morgan fingerprint density at radius 1 is 0.244 bits per heavy atom. The molecule has 0 spiro atoms. The smallest absolute Gasteiger partial charge is 0.306 e. The van der Waals surface area contributed by atoms with Crippen molar-refractivity contribution in [3.8, 4) is 0 Å². The van der Waals surface area contributed by atoms with Gasteiger partial charge < -0.3 is 14.2 Å². The molecule has 0 bridgehead atoms. The van der Waals surface area contributed by atoms with Gasteiger partial charge in [0.1, 0.15) is 13.2 Å². The Labute approximate surface area is 510 Å². The van der Waals surface area contributed by atoms with Gasteiger partial charge in [0.15, 0.2) is 6.10 Å². The van der Waals surface area contributed by atoms with Crippen LogP contribution in [0.15, 0.2) is 60.8 Å². The van der Waals surface area contributed by atoms with Crippen molar-refractivity contribution in [1.82, 2.24) is 0 Å². The van der Waals surface area contributed by atoms with Crippen LogP contribution in [-0.2, 0) is 28.6 Å². The molecule has 0 radical (unpaired) electrons. The maximum atomic E-state index is 13.0. The second-order valence-electron chi connectivity index (χ2n) is 24.5. The Bertz CT molecular complexity index is 1460. The lowest BCUT2D eigenvalue weighted by atomic mass is 10.0. The van der Waals surface area contributed by atoms with E-state index in [0.717, 1.165) is 83.5 Å². The quantitative estimate of drug-likeness (QED) is 0.0261. The molecule has 0 aliphatic rings. The Morgan fingerprint density at radius 2 is 0.439 bits per heavy atom. The molecule has 0 saturated carbocycles. The van der Waals surface area contributed by atoms with Gasteiger partial charge in [-0.15, -0.1) is 0 Å². The molecule has 6 heteroatoms. The van der Waals surface area contributed by atoms with Crippen LogP contribution in [0.1, 0.15) is 387 Å². The van der Waals surface area contributed by atoms with Gasteiger partial charge in [-0.1, -0.05) is 338 Å². The van der Waals surface area contributed by atoms with Gasteiger partial charge in [0.25, 0.3) is 0 Å². The maximum Gasteiger partial charge on any atom is 0.306 e. The first-order valence-corrected chi connectivity index (χ1v) is 36.3. The number of hydrogen-bond acceptors (Lipinski definition) is 6. The highest BCUT2D eigenvalue weighted by molar-refractivity contribution is 5.71. The SMILES string of the molecule is CCCCCCC/C=C\C/C=C\C/C=C\CCCCCCCCCCC(=O)OC(COC(=O)CCCCCCCCCCCCCC)COC(=O)CCCCCCCCCCCCCCCCCCC/C=C\C/C=C\CCCCCCC. The molecular weight excluding hydrogens is 1010 g/mol. The largest absolute Gasteiger partial charge is 0.462 e. The fourth-order valence-corrected chi connectivity index (χ4v) is 10.8. The maximum absolute atomic E-state index is 13.0. The van der Waals surface area contributed by atoms with E-state index in [-0.39, 0.29) is 31.1 Å². The number of carbonyl (C=O) groups excluding carboxylic acids is 3. The lowest BCUT2D eigenvalue weighted by Crippen LogP contribution is -2.30. The second-order valence-corrected chi connectivity index (χ2v) is 24.5. The Morgan fingerprint density at radius 3 is 0.683 bits per heavy atom. The van der Waals surface area contributed by atoms with E-state index in [9.17, 15) is 14.4 Å². The van der Waals surface area contributed by atoms with Crippen LogP contribution < -0.4 is 0 Å². The average Bonchev–Trinajstić information content (AvgIpc) is 3.47. The van der Waals surface area contributed by atoms with Gasteiger partial charge in [0.2, 0.25) is 0 Å². The minimum atomic E-state index is -0.777. The zero-order valence-corrected chi connectivity index (χ0v) is 55.0. The first-order chi connectivity index (χ1) is 40.5. The van der Waals surface area contributed by atoms with E-state index in [1.165, 1.54) is 263 Å². The van der Waals surface area contributed by atoms with Crippen LogP contribution in [0.5, 0.6) is 0 Å². The van der Waals surface area contributed by atoms with E-state index in [2.05, 4.69) is 81.5 Å². The van der Waals surface area contributed by atoms with Crippen molar-refractivity contribution < 1.29 is 28.6 Å². The van der Waals surface area contributed by atoms with Crippen LogP contribution in [0.4, 0.5) is 0 Å². The number of carbonyl (C=O) groups is 3. The summed E-state index contributed by atoms with van der Waals surface area (Å²) in [5.74, 6) is -0.855. The molecule has 6 nitrogen and oxygen atoms in total. The summed E-state index contributed by atoms with van der Waals surface area (Å²) in [7, 11) is 0. The molecular formula is C76H138O6. The number of ether oxygens (including phenoxy) is 3. The van der Waals surface area contributed by atoms with Gasteiger partial charge in [-0.2, -0.15) is 0 Å². The summed E-state index contributed by atoms with van der Waals surface area (Å²) < 4.78 is 17.0. The number of unbranched alkanes of at least 4 members (excludes halogenated alkanes) is 46. The molecule has 0 aliphatic heterocycles. The van der Waals surface area contributed by atoms with E-state index in [1.807, 2.05) is 0 Å². The molecule has 0 N–H and O–H groups in total. The first-order valence-electron chi connectivity index (χ1n) is 36.3. The van der Waals surface area contributed by atoms with Crippen molar-refractivity contribution >= 4 is 17.9 Å².